The van der Waals surface area contributed by atoms with E-state index >= 15 is 0 Å². The van der Waals surface area contributed by atoms with Gasteiger partial charge in [0.05, 0.1) is 5.60 Å². The highest BCUT2D eigenvalue weighted by atomic mass is 16.5. The van der Waals surface area contributed by atoms with Crippen LogP contribution in [0, 0.1) is 46.8 Å². The van der Waals surface area contributed by atoms with Gasteiger partial charge >= 0.3 is 0 Å². The second-order valence-corrected chi connectivity index (χ2v) is 16.3. The van der Waals surface area contributed by atoms with Gasteiger partial charge < -0.3 is 10.1 Å². The van der Waals surface area contributed by atoms with Gasteiger partial charge in [-0.3, -0.25) is 14.5 Å². The van der Waals surface area contributed by atoms with Crippen LogP contribution < -0.4 is 5.32 Å². The van der Waals surface area contributed by atoms with Crippen molar-refractivity contribution in [2.75, 3.05) is 19.6 Å². The maximum atomic E-state index is 12.6. The molecular weight excluding hydrogens is 544 g/mol. The average molecular weight is 601 g/mol. The second kappa shape index (κ2) is 12.0. The van der Waals surface area contributed by atoms with E-state index in [0.717, 1.165) is 57.0 Å². The van der Waals surface area contributed by atoms with Crippen LogP contribution in [-0.4, -0.2) is 48.1 Å². The number of nitrogens with one attached hydrogen (secondary N) is 1. The number of ether oxygens (including phenoxy) is 1. The number of likely N-dealkylation sites (tertiary alicyclic amines) is 1. The Morgan fingerprint density at radius 1 is 1.07 bits per heavy atom. The molecule has 0 radical (unpaired) electrons. The van der Waals surface area contributed by atoms with Crippen LogP contribution >= 0.6 is 0 Å². The molecule has 5 fully saturated rings. The molecule has 1 spiro atoms. The molecule has 240 valence electrons. The molecule has 0 bridgehead atoms. The van der Waals surface area contributed by atoms with E-state index in [9.17, 15) is 9.59 Å². The number of amides is 1. The summed E-state index contributed by atoms with van der Waals surface area (Å²) in [5.41, 5.74) is 4.92. The number of carbonyl (C=O) groups excluding carboxylic acids is 2. The fourth-order valence-corrected chi connectivity index (χ4v) is 11.5. The highest BCUT2D eigenvalue weighted by molar-refractivity contribution is 5.79. The molecule has 4 aliphatic carbocycles. The number of Topliss-reactive ketones (excluding diaryl/α,β-unsaturated/α-hetero) is 1. The van der Waals surface area contributed by atoms with Crippen LogP contribution in [0.2, 0.25) is 0 Å². The number of rotatable bonds is 6. The largest absolute Gasteiger partial charge is 0.356 e. The SMILES string of the molecule is CC1=C2C[C@H]3[C@@H](CC[C@@H]4CC(=O)CC[C@@]43C)[C@@H]2CCC2(C1)O[C@H]1[C@@H](C[C@H](C)CN1CCNC(=O)CCc1ccccc1)[C@H]2C. The van der Waals surface area contributed by atoms with Crippen LogP contribution in [0.15, 0.2) is 41.5 Å². The summed E-state index contributed by atoms with van der Waals surface area (Å²) in [4.78, 5) is 27.6. The van der Waals surface area contributed by atoms with E-state index in [0.29, 0.717) is 53.8 Å². The van der Waals surface area contributed by atoms with E-state index in [1.54, 1.807) is 11.1 Å². The number of carbonyl (C=O) groups is 2. The van der Waals surface area contributed by atoms with Crippen molar-refractivity contribution < 1.29 is 14.3 Å². The van der Waals surface area contributed by atoms with Crippen molar-refractivity contribution in [3.05, 3.63) is 47.0 Å². The highest BCUT2D eigenvalue weighted by Gasteiger charge is 2.60. The van der Waals surface area contributed by atoms with Gasteiger partial charge in [-0.1, -0.05) is 62.2 Å². The Labute approximate surface area is 265 Å². The number of ketones is 1. The molecule has 2 aliphatic heterocycles. The fraction of sp³-hybridized carbons (Fsp3) is 0.744. The quantitative estimate of drug-likeness (QED) is 0.347. The van der Waals surface area contributed by atoms with Crippen LogP contribution in [0.25, 0.3) is 0 Å². The van der Waals surface area contributed by atoms with Gasteiger partial charge in [0.1, 0.15) is 12.0 Å². The zero-order chi connectivity index (χ0) is 30.6. The number of hydrogen-bond acceptors (Lipinski definition) is 4. The average Bonchev–Trinajstić information content (AvgIpc) is 3.47. The van der Waals surface area contributed by atoms with E-state index in [1.807, 2.05) is 18.2 Å². The summed E-state index contributed by atoms with van der Waals surface area (Å²) >= 11 is 0. The smallest absolute Gasteiger partial charge is 0.220 e. The molecule has 3 saturated carbocycles. The predicted molar refractivity (Wildman–Crippen MR) is 175 cm³/mol. The Bertz CT molecular complexity index is 1280. The number of allylic oxidation sites excluding steroid dienone is 1. The van der Waals surface area contributed by atoms with E-state index in [4.69, 9.17) is 4.74 Å². The Kier molecular flexibility index (Phi) is 8.36. The minimum Gasteiger partial charge on any atom is -0.356 e. The molecule has 1 unspecified atom stereocenters. The Morgan fingerprint density at radius 3 is 2.70 bits per heavy atom. The highest BCUT2D eigenvalue weighted by Crippen LogP contribution is 2.65. The molecular formula is C39H56N2O3. The Balaban J connectivity index is 1.01. The predicted octanol–water partition coefficient (Wildman–Crippen LogP) is 7.35. The molecule has 2 saturated heterocycles. The Morgan fingerprint density at radius 2 is 1.89 bits per heavy atom. The molecule has 5 heteroatoms. The first-order valence-electron chi connectivity index (χ1n) is 18.1. The van der Waals surface area contributed by atoms with Crippen LogP contribution in [0.1, 0.15) is 104 Å². The normalized spacial score (nSPS) is 42.0. The molecule has 2 heterocycles. The summed E-state index contributed by atoms with van der Waals surface area (Å²) in [6.07, 6.45) is 12.9. The van der Waals surface area contributed by atoms with Crippen molar-refractivity contribution in [1.29, 1.82) is 0 Å². The number of nitrogens with zero attached hydrogens (tertiary/aromatic N) is 1. The van der Waals surface area contributed by atoms with E-state index in [2.05, 4.69) is 50.0 Å². The molecule has 6 aliphatic rings. The van der Waals surface area contributed by atoms with E-state index in [-0.39, 0.29) is 17.7 Å². The number of piperidine rings is 1. The van der Waals surface area contributed by atoms with Gasteiger partial charge in [-0.25, -0.2) is 0 Å². The van der Waals surface area contributed by atoms with Gasteiger partial charge in [0.25, 0.3) is 0 Å². The summed E-state index contributed by atoms with van der Waals surface area (Å²) in [5, 5.41) is 3.21. The van der Waals surface area contributed by atoms with Crippen molar-refractivity contribution in [3.8, 4) is 0 Å². The minimum absolute atomic E-state index is 0.0636. The third-order valence-electron chi connectivity index (χ3n) is 13.9. The first kappa shape index (κ1) is 30.7. The van der Waals surface area contributed by atoms with Crippen molar-refractivity contribution in [2.45, 2.75) is 117 Å². The van der Waals surface area contributed by atoms with Gasteiger partial charge in [0.15, 0.2) is 0 Å². The summed E-state index contributed by atoms with van der Waals surface area (Å²) < 4.78 is 7.34. The zero-order valence-corrected chi connectivity index (χ0v) is 27.8. The lowest BCUT2D eigenvalue weighted by Gasteiger charge is -2.52. The lowest BCUT2D eigenvalue weighted by atomic mass is 9.52. The number of hydrogen-bond donors (Lipinski definition) is 1. The van der Waals surface area contributed by atoms with E-state index < -0.39 is 0 Å². The third kappa shape index (κ3) is 5.42. The summed E-state index contributed by atoms with van der Waals surface area (Å²) in [6.45, 7) is 12.5. The van der Waals surface area contributed by atoms with Crippen LogP contribution in [0.3, 0.4) is 0 Å². The van der Waals surface area contributed by atoms with Gasteiger partial charge in [0, 0.05) is 44.8 Å². The van der Waals surface area contributed by atoms with Gasteiger partial charge in [-0.05, 0) is 111 Å². The van der Waals surface area contributed by atoms with Crippen molar-refractivity contribution in [2.24, 2.45) is 46.8 Å². The Hall–Kier alpha value is -1.98. The fourth-order valence-electron chi connectivity index (χ4n) is 11.5. The topological polar surface area (TPSA) is 58.6 Å². The number of aryl methyl sites for hydroxylation is 1. The minimum atomic E-state index is -0.0636. The van der Waals surface area contributed by atoms with Crippen molar-refractivity contribution in [3.63, 3.8) is 0 Å². The van der Waals surface area contributed by atoms with Crippen molar-refractivity contribution >= 4 is 11.7 Å². The second-order valence-electron chi connectivity index (χ2n) is 16.3. The standard InChI is InChI=1S/C39H56N2O3/c1-25-20-34-27(3)39(44-37(34)41(24-25)19-18-40-36(43)13-10-28-8-6-5-7-9-28)17-15-31-32-12-11-29-21-30(42)14-16-38(29,4)35(32)22-33(31)26(2)23-39/h5-9,25,27,29,31-32,34-35,37H,10-24H2,1-4H3,(H,40,43)/t25-,27+,29+,31-,32-,34-,35-,37-,38-,39?/m0/s1. The molecule has 1 N–H and O–H groups in total. The molecule has 1 aromatic rings. The summed E-state index contributed by atoms with van der Waals surface area (Å²) in [6, 6.07) is 10.3. The van der Waals surface area contributed by atoms with Gasteiger partial charge in [-0.2, -0.15) is 0 Å². The third-order valence-corrected chi connectivity index (χ3v) is 13.9. The van der Waals surface area contributed by atoms with Crippen LogP contribution in [0.5, 0.6) is 0 Å². The zero-order valence-electron chi connectivity index (χ0n) is 27.8. The lowest BCUT2D eigenvalue weighted by Crippen LogP contribution is -2.50. The van der Waals surface area contributed by atoms with Crippen LogP contribution in [-0.2, 0) is 20.7 Å². The summed E-state index contributed by atoms with van der Waals surface area (Å²) in [7, 11) is 0. The first-order valence-corrected chi connectivity index (χ1v) is 18.1. The van der Waals surface area contributed by atoms with Gasteiger partial charge in [-0.15, -0.1) is 0 Å². The molecule has 1 aromatic carbocycles. The van der Waals surface area contributed by atoms with Crippen molar-refractivity contribution in [1.82, 2.24) is 10.2 Å². The monoisotopic (exact) mass is 600 g/mol. The molecule has 10 atom stereocenters. The van der Waals surface area contributed by atoms with Gasteiger partial charge in [0.2, 0.25) is 5.91 Å². The maximum Gasteiger partial charge on any atom is 0.220 e. The van der Waals surface area contributed by atoms with E-state index in [1.165, 1.54) is 44.1 Å². The molecule has 1 amide bonds. The lowest BCUT2D eigenvalue weighted by molar-refractivity contribution is -0.138. The molecule has 44 heavy (non-hydrogen) atoms. The summed E-state index contributed by atoms with van der Waals surface area (Å²) in [5.74, 6) is 5.30. The molecule has 7 rings (SSSR count). The molecule has 5 nitrogen and oxygen atoms in total. The van der Waals surface area contributed by atoms with Crippen LogP contribution in [0.4, 0.5) is 0 Å². The first-order chi connectivity index (χ1) is 21.2. The number of fused-ring (bicyclic) bond motifs is 6. The number of benzene rings is 1. The maximum absolute atomic E-state index is 12.6. The molecule has 0 aromatic heterocycles.